The van der Waals surface area contributed by atoms with E-state index in [2.05, 4.69) is 10.3 Å². The molecule has 3 heterocycles. The fourth-order valence-corrected chi connectivity index (χ4v) is 5.70. The van der Waals surface area contributed by atoms with E-state index in [-0.39, 0.29) is 42.5 Å². The van der Waals surface area contributed by atoms with Gasteiger partial charge in [0.25, 0.3) is 5.91 Å². The van der Waals surface area contributed by atoms with Gasteiger partial charge in [-0.05, 0) is 47.0 Å². The number of phenolic OH excluding ortho intramolecular Hbond substituents is 1. The number of aromatic nitrogens is 1. The minimum Gasteiger partial charge on any atom is -0.502 e. The quantitative estimate of drug-likeness (QED) is 0.455. The van der Waals surface area contributed by atoms with Gasteiger partial charge >= 0.3 is 5.97 Å². The fourth-order valence-electron chi connectivity index (χ4n) is 5.70. The number of carbonyl (C=O) groups excluding carboxylic acids is 2. The number of carbonyl (C=O) groups is 2. The van der Waals surface area contributed by atoms with E-state index in [4.69, 9.17) is 28.4 Å². The summed E-state index contributed by atoms with van der Waals surface area (Å²) in [7, 11) is 4.38. The number of ether oxygens (including phenoxy) is 6. The standard InChI is InChI=1S/C28H26N2O9/c1-34-20-6-14(7-21(35-2)26(20)31)23-15-8-18-19(39-12-38-18)9-16(15)25(17-11-37-28(33)24(17)23)30-27(32)13-4-5-22(36-3)29-10-13/h4-10,17,23-25,31H,11-12H2,1-3H3,(H,30,32)/t17-,23+,24-,25+/m0/s1. The first-order chi connectivity index (χ1) is 18.9. The van der Waals surface area contributed by atoms with Gasteiger partial charge in [-0.2, -0.15) is 0 Å². The number of hydrogen-bond donors (Lipinski definition) is 2. The number of nitrogens with one attached hydrogen (secondary N) is 1. The summed E-state index contributed by atoms with van der Waals surface area (Å²) in [4.78, 5) is 30.7. The Balaban J connectivity index is 1.49. The van der Waals surface area contributed by atoms with Crippen LogP contribution >= 0.6 is 0 Å². The number of benzene rings is 2. The van der Waals surface area contributed by atoms with E-state index in [1.165, 1.54) is 27.5 Å². The lowest BCUT2D eigenvalue weighted by Gasteiger charge is -2.39. The molecule has 2 N–H and O–H groups in total. The zero-order valence-electron chi connectivity index (χ0n) is 21.4. The summed E-state index contributed by atoms with van der Waals surface area (Å²) < 4.78 is 32.8. The van der Waals surface area contributed by atoms with Crippen molar-refractivity contribution in [2.75, 3.05) is 34.7 Å². The zero-order chi connectivity index (χ0) is 27.3. The second kappa shape index (κ2) is 9.57. The van der Waals surface area contributed by atoms with Gasteiger partial charge in [0.15, 0.2) is 23.0 Å². The van der Waals surface area contributed by atoms with E-state index < -0.39 is 23.8 Å². The first-order valence-electron chi connectivity index (χ1n) is 12.3. The molecule has 1 aliphatic carbocycles. The number of nitrogens with zero attached hydrogens (tertiary/aromatic N) is 1. The van der Waals surface area contributed by atoms with Gasteiger partial charge in [-0.15, -0.1) is 0 Å². The van der Waals surface area contributed by atoms with Gasteiger partial charge in [-0.25, -0.2) is 4.98 Å². The number of aromatic hydroxyl groups is 1. The third kappa shape index (κ3) is 4.01. The molecule has 6 rings (SSSR count). The molecule has 202 valence electrons. The summed E-state index contributed by atoms with van der Waals surface area (Å²) >= 11 is 0. The molecule has 3 aliphatic rings. The molecule has 2 aromatic carbocycles. The Morgan fingerprint density at radius 1 is 0.974 bits per heavy atom. The van der Waals surface area contributed by atoms with Gasteiger partial charge in [-0.1, -0.05) is 0 Å². The second-order valence-electron chi connectivity index (χ2n) is 9.45. The third-order valence-electron chi connectivity index (χ3n) is 7.54. The number of methoxy groups -OCH3 is 3. The minimum absolute atomic E-state index is 0.0627. The normalized spacial score (nSPS) is 22.4. The van der Waals surface area contributed by atoms with Crippen molar-refractivity contribution in [3.05, 3.63) is 64.8 Å². The molecule has 0 radical (unpaired) electrons. The van der Waals surface area contributed by atoms with Crippen LogP contribution in [0.25, 0.3) is 0 Å². The summed E-state index contributed by atoms with van der Waals surface area (Å²) in [5.41, 5.74) is 2.55. The molecule has 0 bridgehead atoms. The number of cyclic esters (lactones) is 1. The predicted octanol–water partition coefficient (Wildman–Crippen LogP) is 2.95. The largest absolute Gasteiger partial charge is 0.502 e. The molecular weight excluding hydrogens is 508 g/mol. The van der Waals surface area contributed by atoms with Crippen LogP contribution < -0.4 is 29.0 Å². The maximum absolute atomic E-state index is 13.3. The summed E-state index contributed by atoms with van der Waals surface area (Å²) in [6.45, 7) is 0.180. The lowest BCUT2D eigenvalue weighted by molar-refractivity contribution is -0.141. The maximum Gasteiger partial charge on any atom is 0.310 e. The lowest BCUT2D eigenvalue weighted by Crippen LogP contribution is -2.42. The SMILES string of the molecule is COc1ccc(C(=O)N[C@@H]2c3cc4c(cc3[C@@H](c3cc(OC)c(O)c(OC)c3)[C@H]3C(=O)OC[C@@H]32)OCO4)cn1. The highest BCUT2D eigenvalue weighted by Gasteiger charge is 2.53. The molecular formula is C28H26N2O9. The molecule has 1 fully saturated rings. The Hall–Kier alpha value is -4.67. The highest BCUT2D eigenvalue weighted by molar-refractivity contribution is 5.94. The summed E-state index contributed by atoms with van der Waals surface area (Å²) in [5, 5.41) is 13.6. The van der Waals surface area contributed by atoms with E-state index in [0.29, 0.717) is 28.5 Å². The molecule has 1 saturated heterocycles. The van der Waals surface area contributed by atoms with Crippen LogP contribution in [0.4, 0.5) is 0 Å². The minimum atomic E-state index is -0.642. The second-order valence-corrected chi connectivity index (χ2v) is 9.45. The molecule has 2 aliphatic heterocycles. The van der Waals surface area contributed by atoms with Gasteiger partial charge in [-0.3, -0.25) is 9.59 Å². The van der Waals surface area contributed by atoms with Crippen LogP contribution in [-0.4, -0.2) is 56.7 Å². The van der Waals surface area contributed by atoms with Gasteiger partial charge in [0.05, 0.1) is 45.5 Å². The summed E-state index contributed by atoms with van der Waals surface area (Å²) in [6.07, 6.45) is 1.43. The lowest BCUT2D eigenvalue weighted by atomic mass is 9.65. The van der Waals surface area contributed by atoms with Crippen molar-refractivity contribution in [3.63, 3.8) is 0 Å². The average molecular weight is 535 g/mol. The Kier molecular flexibility index (Phi) is 6.05. The Labute approximate surface area is 223 Å². The van der Waals surface area contributed by atoms with Crippen LogP contribution in [0.2, 0.25) is 0 Å². The van der Waals surface area contributed by atoms with Crippen molar-refractivity contribution in [1.29, 1.82) is 0 Å². The average Bonchev–Trinajstić information content (AvgIpc) is 3.58. The molecule has 1 aromatic heterocycles. The van der Waals surface area contributed by atoms with Crippen LogP contribution in [0.1, 0.15) is 39.0 Å². The van der Waals surface area contributed by atoms with E-state index >= 15 is 0 Å². The first kappa shape index (κ1) is 24.7. The summed E-state index contributed by atoms with van der Waals surface area (Å²) in [6, 6.07) is 9.70. The van der Waals surface area contributed by atoms with Crippen molar-refractivity contribution >= 4 is 11.9 Å². The number of rotatable bonds is 6. The number of esters is 1. The first-order valence-corrected chi connectivity index (χ1v) is 12.3. The van der Waals surface area contributed by atoms with Crippen molar-refractivity contribution in [2.45, 2.75) is 12.0 Å². The smallest absolute Gasteiger partial charge is 0.310 e. The van der Waals surface area contributed by atoms with E-state index in [1.54, 1.807) is 24.3 Å². The van der Waals surface area contributed by atoms with Crippen LogP contribution in [-0.2, 0) is 9.53 Å². The molecule has 0 unspecified atom stereocenters. The number of amides is 1. The number of pyridine rings is 1. The van der Waals surface area contributed by atoms with Crippen LogP contribution in [0.15, 0.2) is 42.6 Å². The molecule has 3 aromatic rings. The number of fused-ring (bicyclic) bond motifs is 3. The number of hydrogen-bond acceptors (Lipinski definition) is 10. The monoisotopic (exact) mass is 534 g/mol. The Morgan fingerprint density at radius 2 is 1.67 bits per heavy atom. The van der Waals surface area contributed by atoms with Crippen molar-refractivity contribution in [2.24, 2.45) is 11.8 Å². The van der Waals surface area contributed by atoms with E-state index in [0.717, 1.165) is 11.1 Å². The highest BCUT2D eigenvalue weighted by atomic mass is 16.7. The zero-order valence-corrected chi connectivity index (χ0v) is 21.4. The van der Waals surface area contributed by atoms with Gasteiger partial charge in [0, 0.05) is 24.1 Å². The van der Waals surface area contributed by atoms with Crippen LogP contribution in [0.5, 0.6) is 34.6 Å². The Bertz CT molecular complexity index is 1430. The van der Waals surface area contributed by atoms with Crippen LogP contribution in [0.3, 0.4) is 0 Å². The highest BCUT2D eigenvalue weighted by Crippen LogP contribution is 2.55. The molecule has 39 heavy (non-hydrogen) atoms. The molecule has 1 amide bonds. The van der Waals surface area contributed by atoms with E-state index in [1.807, 2.05) is 12.1 Å². The van der Waals surface area contributed by atoms with Gasteiger partial charge < -0.3 is 38.8 Å². The summed E-state index contributed by atoms with van der Waals surface area (Å²) in [5.74, 6) is -0.551. The number of phenols is 1. The van der Waals surface area contributed by atoms with Crippen molar-refractivity contribution in [1.82, 2.24) is 10.3 Å². The topological polar surface area (TPSA) is 135 Å². The van der Waals surface area contributed by atoms with Gasteiger partial charge in [0.2, 0.25) is 18.4 Å². The van der Waals surface area contributed by atoms with E-state index in [9.17, 15) is 14.7 Å². The molecule has 11 heteroatoms. The third-order valence-corrected chi connectivity index (χ3v) is 7.54. The van der Waals surface area contributed by atoms with Gasteiger partial charge in [0.1, 0.15) is 0 Å². The predicted molar refractivity (Wildman–Crippen MR) is 135 cm³/mol. The fraction of sp³-hybridized carbons (Fsp3) is 0.321. The maximum atomic E-state index is 13.3. The van der Waals surface area contributed by atoms with Crippen LogP contribution in [0, 0.1) is 11.8 Å². The molecule has 4 atom stereocenters. The molecule has 0 saturated carbocycles. The Morgan fingerprint density at radius 3 is 2.28 bits per heavy atom. The van der Waals surface area contributed by atoms with Crippen molar-refractivity contribution < 1.29 is 43.1 Å². The molecule has 0 spiro atoms. The van der Waals surface area contributed by atoms with Crippen molar-refractivity contribution in [3.8, 4) is 34.6 Å². The molecule has 11 nitrogen and oxygen atoms in total.